The van der Waals surface area contributed by atoms with Crippen LogP contribution in [0.5, 0.6) is 0 Å². The van der Waals surface area contributed by atoms with Gasteiger partial charge in [-0.2, -0.15) is 0 Å². The maximum absolute atomic E-state index is 11.1. The molecule has 0 aliphatic rings. The van der Waals surface area contributed by atoms with E-state index in [1.165, 1.54) is 0 Å². The molecule has 0 aromatic heterocycles. The molecule has 0 amide bonds. The van der Waals surface area contributed by atoms with Crippen molar-refractivity contribution in [3.8, 4) is 0 Å². The molecule has 0 bridgehead atoms. The summed E-state index contributed by atoms with van der Waals surface area (Å²) in [5, 5.41) is 9.13. The molecule has 0 aliphatic heterocycles. The summed E-state index contributed by atoms with van der Waals surface area (Å²) < 4.78 is 0. The minimum absolute atomic E-state index is 0.140. The first-order valence-electron chi connectivity index (χ1n) is 4.73. The van der Waals surface area contributed by atoms with Crippen LogP contribution in [0.25, 0.3) is 0 Å². The van der Waals surface area contributed by atoms with E-state index in [9.17, 15) is 4.79 Å². The summed E-state index contributed by atoms with van der Waals surface area (Å²) >= 11 is 0. The molecular formula is C11H20O2. The third kappa shape index (κ3) is 2.58. The molecule has 0 fully saturated rings. The second kappa shape index (κ2) is 4.45. The van der Waals surface area contributed by atoms with E-state index in [2.05, 4.69) is 13.8 Å². The van der Waals surface area contributed by atoms with Gasteiger partial charge in [0.1, 0.15) is 0 Å². The topological polar surface area (TPSA) is 37.3 Å². The molecule has 0 aromatic carbocycles. The molecule has 2 atom stereocenters. The highest BCUT2D eigenvalue weighted by Gasteiger charge is 2.37. The molecule has 13 heavy (non-hydrogen) atoms. The van der Waals surface area contributed by atoms with E-state index < -0.39 is 11.4 Å². The number of carboxylic acids is 1. The average Bonchev–Trinajstić information content (AvgIpc) is 2.02. The maximum Gasteiger partial charge on any atom is 0.313 e. The summed E-state index contributed by atoms with van der Waals surface area (Å²) in [5.74, 6) is -0.231. The Morgan fingerprint density at radius 3 is 2.08 bits per heavy atom. The van der Waals surface area contributed by atoms with Gasteiger partial charge in [-0.1, -0.05) is 32.9 Å². The smallest absolute Gasteiger partial charge is 0.313 e. The molecule has 0 spiro atoms. The summed E-state index contributed by atoms with van der Waals surface area (Å²) in [6, 6.07) is 0. The van der Waals surface area contributed by atoms with Crippen LogP contribution in [0, 0.1) is 17.3 Å². The number of aliphatic carboxylic acids is 1. The lowest BCUT2D eigenvalue weighted by Gasteiger charge is -2.31. The number of carbonyl (C=O) groups is 1. The molecular weight excluding hydrogens is 164 g/mol. The first kappa shape index (κ1) is 12.2. The third-order valence-corrected chi connectivity index (χ3v) is 2.92. The maximum atomic E-state index is 11.1. The van der Waals surface area contributed by atoms with E-state index in [0.717, 1.165) is 0 Å². The van der Waals surface area contributed by atoms with Crippen LogP contribution in [-0.4, -0.2) is 11.1 Å². The van der Waals surface area contributed by atoms with Gasteiger partial charge in [0.05, 0.1) is 5.41 Å². The third-order valence-electron chi connectivity index (χ3n) is 2.92. The highest BCUT2D eigenvalue weighted by atomic mass is 16.4. The van der Waals surface area contributed by atoms with E-state index in [4.69, 9.17) is 5.11 Å². The summed E-state index contributed by atoms with van der Waals surface area (Å²) in [4.78, 5) is 11.1. The zero-order valence-electron chi connectivity index (χ0n) is 9.16. The molecule has 1 N–H and O–H groups in total. The Morgan fingerprint density at radius 2 is 1.85 bits per heavy atom. The molecule has 0 rings (SSSR count). The lowest BCUT2D eigenvalue weighted by atomic mass is 9.72. The van der Waals surface area contributed by atoms with Gasteiger partial charge in [-0.05, 0) is 25.7 Å². The van der Waals surface area contributed by atoms with Gasteiger partial charge in [0.15, 0.2) is 0 Å². The van der Waals surface area contributed by atoms with Crippen LogP contribution in [0.4, 0.5) is 0 Å². The summed E-state index contributed by atoms with van der Waals surface area (Å²) in [6.07, 6.45) is 3.59. The van der Waals surface area contributed by atoms with E-state index in [-0.39, 0.29) is 5.92 Å². The van der Waals surface area contributed by atoms with E-state index >= 15 is 0 Å². The van der Waals surface area contributed by atoms with E-state index in [0.29, 0.717) is 5.92 Å². The van der Waals surface area contributed by atoms with Gasteiger partial charge in [0.25, 0.3) is 0 Å². The van der Waals surface area contributed by atoms with Crippen LogP contribution >= 0.6 is 0 Å². The average molecular weight is 184 g/mol. The molecule has 0 saturated heterocycles. The lowest BCUT2D eigenvalue weighted by Crippen LogP contribution is -2.35. The van der Waals surface area contributed by atoms with Crippen molar-refractivity contribution in [3.63, 3.8) is 0 Å². The number of carboxylic acid groups (broad SMARTS) is 1. The van der Waals surface area contributed by atoms with Crippen molar-refractivity contribution in [1.82, 2.24) is 0 Å². The number of hydrogen-bond donors (Lipinski definition) is 1. The van der Waals surface area contributed by atoms with Gasteiger partial charge in [0.2, 0.25) is 0 Å². The molecule has 1 unspecified atom stereocenters. The number of hydrogen-bond acceptors (Lipinski definition) is 1. The Labute approximate surface area is 80.7 Å². The standard InChI is InChI=1S/C11H20O2/c1-6-7-11(5,10(12)13)9(4)8(2)3/h6-9H,1-5H3,(H,12,13)/b7-6-/t9?,11-/m0/s1. The molecule has 0 aliphatic carbocycles. The summed E-state index contributed by atoms with van der Waals surface area (Å²) in [6.45, 7) is 9.72. The lowest BCUT2D eigenvalue weighted by molar-refractivity contribution is -0.148. The van der Waals surface area contributed by atoms with Crippen molar-refractivity contribution in [3.05, 3.63) is 12.2 Å². The van der Waals surface area contributed by atoms with Crippen molar-refractivity contribution in [2.75, 3.05) is 0 Å². The van der Waals surface area contributed by atoms with Gasteiger partial charge >= 0.3 is 5.97 Å². The Bertz CT molecular complexity index is 206. The predicted octanol–water partition coefficient (Wildman–Crippen LogP) is 2.95. The molecule has 76 valence electrons. The van der Waals surface area contributed by atoms with Gasteiger partial charge in [-0.15, -0.1) is 0 Å². The van der Waals surface area contributed by atoms with Gasteiger partial charge in [-0.3, -0.25) is 4.79 Å². The Balaban J connectivity index is 4.89. The molecule has 0 radical (unpaired) electrons. The van der Waals surface area contributed by atoms with Crippen molar-refractivity contribution in [1.29, 1.82) is 0 Å². The summed E-state index contributed by atoms with van der Waals surface area (Å²) in [5.41, 5.74) is -0.733. The fourth-order valence-electron chi connectivity index (χ4n) is 1.46. The monoisotopic (exact) mass is 184 g/mol. The molecule has 0 aromatic rings. The minimum Gasteiger partial charge on any atom is -0.481 e. The molecule has 0 saturated carbocycles. The fourth-order valence-corrected chi connectivity index (χ4v) is 1.46. The highest BCUT2D eigenvalue weighted by Crippen LogP contribution is 2.34. The van der Waals surface area contributed by atoms with Crippen molar-refractivity contribution in [2.45, 2.75) is 34.6 Å². The van der Waals surface area contributed by atoms with Crippen LogP contribution in [0.2, 0.25) is 0 Å². The van der Waals surface area contributed by atoms with Crippen molar-refractivity contribution >= 4 is 5.97 Å². The predicted molar refractivity (Wildman–Crippen MR) is 54.6 cm³/mol. The largest absolute Gasteiger partial charge is 0.481 e. The second-order valence-corrected chi connectivity index (χ2v) is 4.12. The zero-order valence-corrected chi connectivity index (χ0v) is 9.16. The van der Waals surface area contributed by atoms with Crippen molar-refractivity contribution < 1.29 is 9.90 Å². The van der Waals surface area contributed by atoms with Crippen LogP contribution in [0.15, 0.2) is 12.2 Å². The number of allylic oxidation sites excluding steroid dienone is 1. The number of rotatable bonds is 4. The first-order chi connectivity index (χ1) is 5.86. The highest BCUT2D eigenvalue weighted by molar-refractivity contribution is 5.76. The van der Waals surface area contributed by atoms with Crippen LogP contribution in [-0.2, 0) is 4.79 Å². The van der Waals surface area contributed by atoms with E-state index in [1.54, 1.807) is 13.0 Å². The van der Waals surface area contributed by atoms with Crippen LogP contribution < -0.4 is 0 Å². The second-order valence-electron chi connectivity index (χ2n) is 4.12. The van der Waals surface area contributed by atoms with Crippen LogP contribution in [0.3, 0.4) is 0 Å². The molecule has 2 nitrogen and oxygen atoms in total. The minimum atomic E-state index is -0.744. The first-order valence-corrected chi connectivity index (χ1v) is 4.73. The zero-order chi connectivity index (χ0) is 10.6. The van der Waals surface area contributed by atoms with Crippen LogP contribution in [0.1, 0.15) is 34.6 Å². The normalized spacial score (nSPS) is 18.9. The van der Waals surface area contributed by atoms with Gasteiger partial charge in [-0.25, -0.2) is 0 Å². The van der Waals surface area contributed by atoms with Crippen molar-refractivity contribution in [2.24, 2.45) is 17.3 Å². The summed E-state index contributed by atoms with van der Waals surface area (Å²) in [7, 11) is 0. The SMILES string of the molecule is C/C=C\[C@](C)(C(=O)O)C(C)C(C)C. The Hall–Kier alpha value is -0.790. The van der Waals surface area contributed by atoms with Gasteiger partial charge < -0.3 is 5.11 Å². The quantitative estimate of drug-likeness (QED) is 0.682. The molecule has 2 heteroatoms. The molecule has 0 heterocycles. The van der Waals surface area contributed by atoms with Gasteiger partial charge in [0, 0.05) is 0 Å². The van der Waals surface area contributed by atoms with E-state index in [1.807, 2.05) is 19.9 Å². The Morgan fingerprint density at radius 1 is 1.38 bits per heavy atom. The Kier molecular flexibility index (Phi) is 4.18. The fraction of sp³-hybridized carbons (Fsp3) is 0.727.